The Morgan fingerprint density at radius 3 is 2.43 bits per heavy atom. The Balaban J connectivity index is 1.54. The largest absolute Gasteiger partial charge is 0.349 e. The van der Waals surface area contributed by atoms with Crippen molar-refractivity contribution in [2.24, 2.45) is 5.92 Å². The second kappa shape index (κ2) is 9.30. The van der Waals surface area contributed by atoms with Crippen LogP contribution < -0.4 is 5.32 Å². The van der Waals surface area contributed by atoms with Crippen molar-refractivity contribution in [3.05, 3.63) is 68.7 Å². The molecule has 5 heteroatoms. The van der Waals surface area contributed by atoms with Crippen molar-refractivity contribution < 1.29 is 4.79 Å². The molecule has 2 aromatic carbocycles. The molecule has 1 atom stereocenters. The van der Waals surface area contributed by atoms with Crippen molar-refractivity contribution in [1.29, 1.82) is 0 Å². The molecular formula is C23H28Cl2N2O. The maximum Gasteiger partial charge on any atom is 0.223 e. The smallest absolute Gasteiger partial charge is 0.223 e. The van der Waals surface area contributed by atoms with Gasteiger partial charge in [-0.1, -0.05) is 53.0 Å². The van der Waals surface area contributed by atoms with E-state index in [2.05, 4.69) is 49.2 Å². The van der Waals surface area contributed by atoms with Crippen LogP contribution in [0.15, 0.2) is 36.4 Å². The molecule has 0 aliphatic carbocycles. The topological polar surface area (TPSA) is 32.3 Å². The highest BCUT2D eigenvalue weighted by molar-refractivity contribution is 6.35. The zero-order chi connectivity index (χ0) is 20.3. The summed E-state index contributed by atoms with van der Waals surface area (Å²) in [7, 11) is 0. The molecule has 1 saturated heterocycles. The predicted molar refractivity (Wildman–Crippen MR) is 117 cm³/mol. The first-order chi connectivity index (χ1) is 13.3. The molecular weight excluding hydrogens is 391 g/mol. The summed E-state index contributed by atoms with van der Waals surface area (Å²) in [6.45, 7) is 8.71. The molecule has 150 valence electrons. The quantitative estimate of drug-likeness (QED) is 0.674. The normalized spacial score (nSPS) is 16.8. The minimum Gasteiger partial charge on any atom is -0.349 e. The molecule has 1 N–H and O–H groups in total. The number of halogens is 2. The first kappa shape index (κ1) is 21.2. The average Bonchev–Trinajstić information content (AvgIpc) is 2.67. The van der Waals surface area contributed by atoms with Crippen LogP contribution in [0, 0.1) is 19.8 Å². The Kier molecular flexibility index (Phi) is 7.03. The van der Waals surface area contributed by atoms with Crippen LogP contribution in [0.25, 0.3) is 0 Å². The van der Waals surface area contributed by atoms with Crippen molar-refractivity contribution in [2.45, 2.75) is 46.2 Å². The summed E-state index contributed by atoms with van der Waals surface area (Å²) in [5.74, 6) is 0.217. The van der Waals surface area contributed by atoms with Gasteiger partial charge in [0.15, 0.2) is 0 Å². The van der Waals surface area contributed by atoms with Crippen LogP contribution in [-0.4, -0.2) is 23.9 Å². The van der Waals surface area contributed by atoms with E-state index in [1.165, 1.54) is 16.7 Å². The number of benzene rings is 2. The van der Waals surface area contributed by atoms with E-state index in [4.69, 9.17) is 23.2 Å². The molecule has 0 spiro atoms. The molecule has 0 unspecified atom stereocenters. The number of hydrogen-bond donors (Lipinski definition) is 1. The Morgan fingerprint density at radius 1 is 1.14 bits per heavy atom. The van der Waals surface area contributed by atoms with E-state index in [0.717, 1.165) is 38.0 Å². The second-order valence-electron chi connectivity index (χ2n) is 7.84. The fourth-order valence-electron chi connectivity index (χ4n) is 3.90. The second-order valence-corrected chi connectivity index (χ2v) is 8.66. The van der Waals surface area contributed by atoms with E-state index >= 15 is 0 Å². The number of carbonyl (C=O) groups is 1. The van der Waals surface area contributed by atoms with E-state index in [1.54, 1.807) is 0 Å². The molecule has 0 bridgehead atoms. The van der Waals surface area contributed by atoms with Gasteiger partial charge >= 0.3 is 0 Å². The van der Waals surface area contributed by atoms with Gasteiger partial charge in [-0.15, -0.1) is 0 Å². The van der Waals surface area contributed by atoms with Gasteiger partial charge in [-0.25, -0.2) is 0 Å². The van der Waals surface area contributed by atoms with Crippen LogP contribution in [0.3, 0.4) is 0 Å². The van der Waals surface area contributed by atoms with Gasteiger partial charge in [0.2, 0.25) is 5.91 Å². The SMILES string of the molecule is Cc1ccc(C)c([C@@H](C)NC(=O)C2CCN(Cc3c(Cl)cccc3Cl)CC2)c1. The average molecular weight is 419 g/mol. The number of likely N-dealkylation sites (tertiary alicyclic amines) is 1. The molecule has 1 heterocycles. The van der Waals surface area contributed by atoms with Crippen LogP contribution in [0.2, 0.25) is 10.0 Å². The number of piperidine rings is 1. The van der Waals surface area contributed by atoms with E-state index in [1.807, 2.05) is 18.2 Å². The molecule has 0 aromatic heterocycles. The summed E-state index contributed by atoms with van der Waals surface area (Å²) in [6.07, 6.45) is 1.71. The fourth-order valence-corrected chi connectivity index (χ4v) is 4.41. The fraction of sp³-hybridized carbons (Fsp3) is 0.435. The molecule has 1 aliphatic rings. The maximum absolute atomic E-state index is 12.8. The Hall–Kier alpha value is -1.55. The lowest BCUT2D eigenvalue weighted by Gasteiger charge is -2.32. The van der Waals surface area contributed by atoms with Crippen molar-refractivity contribution in [3.8, 4) is 0 Å². The monoisotopic (exact) mass is 418 g/mol. The Morgan fingerprint density at radius 2 is 1.79 bits per heavy atom. The summed E-state index contributed by atoms with van der Waals surface area (Å²) >= 11 is 12.6. The van der Waals surface area contributed by atoms with Crippen molar-refractivity contribution in [3.63, 3.8) is 0 Å². The number of hydrogen-bond acceptors (Lipinski definition) is 2. The molecule has 1 fully saturated rings. The summed E-state index contributed by atoms with van der Waals surface area (Å²) in [5, 5.41) is 4.62. The number of nitrogens with zero attached hydrogens (tertiary/aromatic N) is 1. The minimum atomic E-state index is 0.0207. The third kappa shape index (κ3) is 5.08. The third-order valence-electron chi connectivity index (χ3n) is 5.66. The third-order valence-corrected chi connectivity index (χ3v) is 6.37. The first-order valence-electron chi connectivity index (χ1n) is 9.88. The molecule has 3 rings (SSSR count). The first-order valence-corrected chi connectivity index (χ1v) is 10.6. The van der Waals surface area contributed by atoms with E-state index in [9.17, 15) is 4.79 Å². The number of aryl methyl sites for hydroxylation is 2. The highest BCUT2D eigenvalue weighted by Crippen LogP contribution is 2.28. The standard InChI is InChI=1S/C23H28Cl2N2O/c1-15-7-8-16(2)19(13-15)17(3)26-23(28)18-9-11-27(12-10-18)14-20-21(24)5-4-6-22(20)25/h4-8,13,17-18H,9-12,14H2,1-3H3,(H,26,28)/t17-/m1/s1. The van der Waals surface area contributed by atoms with Crippen LogP contribution in [0.5, 0.6) is 0 Å². The van der Waals surface area contributed by atoms with Gasteiger partial charge in [-0.05, 0) is 70.0 Å². The Labute approximate surface area is 178 Å². The highest BCUT2D eigenvalue weighted by atomic mass is 35.5. The van der Waals surface area contributed by atoms with Crippen LogP contribution >= 0.6 is 23.2 Å². The van der Waals surface area contributed by atoms with E-state index < -0.39 is 0 Å². The van der Waals surface area contributed by atoms with Crippen LogP contribution in [-0.2, 0) is 11.3 Å². The van der Waals surface area contributed by atoms with Crippen LogP contribution in [0.1, 0.15) is 48.1 Å². The minimum absolute atomic E-state index is 0.0207. The van der Waals surface area contributed by atoms with E-state index in [-0.39, 0.29) is 17.9 Å². The maximum atomic E-state index is 12.8. The van der Waals surface area contributed by atoms with Gasteiger partial charge in [0.25, 0.3) is 0 Å². The lowest BCUT2D eigenvalue weighted by atomic mass is 9.94. The van der Waals surface area contributed by atoms with Gasteiger partial charge in [-0.2, -0.15) is 0 Å². The molecule has 2 aromatic rings. The van der Waals surface area contributed by atoms with Gasteiger partial charge in [-0.3, -0.25) is 9.69 Å². The Bertz CT molecular complexity index is 824. The zero-order valence-corrected chi connectivity index (χ0v) is 18.3. The van der Waals surface area contributed by atoms with Gasteiger partial charge in [0.1, 0.15) is 0 Å². The molecule has 0 radical (unpaired) electrons. The summed E-state index contributed by atoms with van der Waals surface area (Å²) < 4.78 is 0. The molecule has 1 aliphatic heterocycles. The summed E-state index contributed by atoms with van der Waals surface area (Å²) in [6, 6.07) is 12.0. The lowest BCUT2D eigenvalue weighted by molar-refractivity contribution is -0.127. The predicted octanol–water partition coefficient (Wildman–Crippen LogP) is 5.70. The van der Waals surface area contributed by atoms with Crippen molar-refractivity contribution in [1.82, 2.24) is 10.2 Å². The molecule has 28 heavy (non-hydrogen) atoms. The number of carbonyl (C=O) groups excluding carboxylic acids is 1. The van der Waals surface area contributed by atoms with Gasteiger partial charge in [0.05, 0.1) is 6.04 Å². The van der Waals surface area contributed by atoms with E-state index in [0.29, 0.717) is 10.0 Å². The van der Waals surface area contributed by atoms with Crippen LogP contribution in [0.4, 0.5) is 0 Å². The van der Waals surface area contributed by atoms with Gasteiger partial charge < -0.3 is 5.32 Å². The number of rotatable bonds is 5. The molecule has 0 saturated carbocycles. The van der Waals surface area contributed by atoms with Crippen molar-refractivity contribution in [2.75, 3.05) is 13.1 Å². The molecule has 3 nitrogen and oxygen atoms in total. The number of amides is 1. The molecule has 1 amide bonds. The summed E-state index contributed by atoms with van der Waals surface area (Å²) in [4.78, 5) is 15.1. The summed E-state index contributed by atoms with van der Waals surface area (Å²) in [5.41, 5.74) is 4.59. The van der Waals surface area contributed by atoms with Gasteiger partial charge in [0, 0.05) is 28.1 Å². The lowest BCUT2D eigenvalue weighted by Crippen LogP contribution is -2.41. The van der Waals surface area contributed by atoms with Crippen molar-refractivity contribution >= 4 is 29.1 Å². The zero-order valence-electron chi connectivity index (χ0n) is 16.8. The highest BCUT2D eigenvalue weighted by Gasteiger charge is 2.26. The number of nitrogens with one attached hydrogen (secondary N) is 1.